The summed E-state index contributed by atoms with van der Waals surface area (Å²) in [5.41, 5.74) is 1.76. The van der Waals surface area contributed by atoms with Gasteiger partial charge in [0.15, 0.2) is 0 Å². The quantitative estimate of drug-likeness (QED) is 0.271. The predicted octanol–water partition coefficient (Wildman–Crippen LogP) is 4.92. The van der Waals surface area contributed by atoms with Crippen LogP contribution in [0.3, 0.4) is 0 Å². The Labute approximate surface area is 224 Å². The second kappa shape index (κ2) is 12.9. The number of nitrogens with one attached hydrogen (secondary N) is 1. The Morgan fingerprint density at radius 3 is 3.05 bits per heavy atom. The van der Waals surface area contributed by atoms with E-state index in [0.29, 0.717) is 57.1 Å². The fourth-order valence-electron chi connectivity index (χ4n) is 4.26. The normalized spacial score (nSPS) is 13.3. The second-order valence-electron chi connectivity index (χ2n) is 8.63. The molecule has 1 aromatic carbocycles. The van der Waals surface area contributed by atoms with Crippen molar-refractivity contribution in [3.63, 3.8) is 0 Å². The van der Waals surface area contributed by atoms with E-state index in [0.717, 1.165) is 33.6 Å². The molecule has 3 heterocycles. The Morgan fingerprint density at radius 1 is 1.41 bits per heavy atom. The Hall–Kier alpha value is -3.10. The summed E-state index contributed by atoms with van der Waals surface area (Å²) in [6.45, 7) is 3.84. The standard InChI is InChI=1S/C26H28ClFN6O2S/c1-36-14-4-12-33(11-3-9-29)10-2-5-23(35)34-13-8-19-22(16-34)37-26-24(19)25(30-17-31-26)32-18-6-7-21(28)20(27)15-18/h2,5-7,15,17H,3-4,8,10-14,16H2,1H3,(H,30,31,32). The van der Waals surface area contributed by atoms with E-state index >= 15 is 0 Å². The van der Waals surface area contributed by atoms with E-state index in [1.165, 1.54) is 18.5 Å². The van der Waals surface area contributed by atoms with Crippen LogP contribution in [0.15, 0.2) is 36.7 Å². The summed E-state index contributed by atoms with van der Waals surface area (Å²) in [7, 11) is 1.67. The lowest BCUT2D eigenvalue weighted by atomic mass is 10.0. The first-order valence-electron chi connectivity index (χ1n) is 12.0. The van der Waals surface area contributed by atoms with Gasteiger partial charge in [-0.05, 0) is 36.6 Å². The van der Waals surface area contributed by atoms with Gasteiger partial charge in [-0.25, -0.2) is 14.4 Å². The van der Waals surface area contributed by atoms with E-state index in [-0.39, 0.29) is 10.9 Å². The summed E-state index contributed by atoms with van der Waals surface area (Å²) in [6.07, 6.45) is 7.00. The van der Waals surface area contributed by atoms with Gasteiger partial charge in [0.25, 0.3) is 0 Å². The number of carbonyl (C=O) groups excluding carboxylic acids is 1. The zero-order valence-electron chi connectivity index (χ0n) is 20.5. The summed E-state index contributed by atoms with van der Waals surface area (Å²) in [4.78, 5) is 27.7. The number of nitriles is 1. The molecule has 0 spiro atoms. The van der Waals surface area contributed by atoms with Gasteiger partial charge in [-0.1, -0.05) is 17.7 Å². The van der Waals surface area contributed by atoms with E-state index in [1.807, 2.05) is 11.0 Å². The summed E-state index contributed by atoms with van der Waals surface area (Å²) in [6, 6.07) is 6.62. The molecule has 2 aromatic heterocycles. The van der Waals surface area contributed by atoms with Crippen molar-refractivity contribution in [1.29, 1.82) is 5.26 Å². The number of ether oxygens (including phenoxy) is 1. The summed E-state index contributed by atoms with van der Waals surface area (Å²) in [5, 5.41) is 13.1. The molecule has 3 aromatic rings. The van der Waals surface area contributed by atoms with Crippen molar-refractivity contribution in [2.45, 2.75) is 25.8 Å². The monoisotopic (exact) mass is 542 g/mol. The number of thiophene rings is 1. The zero-order valence-corrected chi connectivity index (χ0v) is 22.1. The highest BCUT2D eigenvalue weighted by molar-refractivity contribution is 7.19. The molecule has 1 aliphatic heterocycles. The molecule has 0 fully saturated rings. The van der Waals surface area contributed by atoms with Crippen LogP contribution in [0.25, 0.3) is 10.2 Å². The Kier molecular flexibility index (Phi) is 9.41. The highest BCUT2D eigenvalue weighted by atomic mass is 35.5. The maximum absolute atomic E-state index is 13.6. The third-order valence-electron chi connectivity index (χ3n) is 6.12. The molecule has 0 radical (unpaired) electrons. The summed E-state index contributed by atoms with van der Waals surface area (Å²) < 4.78 is 18.7. The van der Waals surface area contributed by atoms with E-state index in [9.17, 15) is 9.18 Å². The average molecular weight is 543 g/mol. The smallest absolute Gasteiger partial charge is 0.246 e. The van der Waals surface area contributed by atoms with Gasteiger partial charge < -0.3 is 15.0 Å². The molecule has 1 amide bonds. The second-order valence-corrected chi connectivity index (χ2v) is 10.1. The van der Waals surface area contributed by atoms with Gasteiger partial charge in [-0.2, -0.15) is 5.26 Å². The minimum atomic E-state index is -0.479. The van der Waals surface area contributed by atoms with E-state index < -0.39 is 5.82 Å². The molecule has 0 aliphatic carbocycles. The topological polar surface area (TPSA) is 94.4 Å². The van der Waals surface area contributed by atoms with Crippen LogP contribution in [-0.4, -0.2) is 65.6 Å². The molecular weight excluding hydrogens is 515 g/mol. The minimum absolute atomic E-state index is 0.0352. The van der Waals surface area contributed by atoms with Crippen LogP contribution in [0.4, 0.5) is 15.9 Å². The van der Waals surface area contributed by atoms with Gasteiger partial charge in [-0.3, -0.25) is 9.69 Å². The minimum Gasteiger partial charge on any atom is -0.385 e. The third-order valence-corrected chi connectivity index (χ3v) is 7.53. The fourth-order valence-corrected chi connectivity index (χ4v) is 5.65. The highest BCUT2D eigenvalue weighted by Crippen LogP contribution is 2.38. The number of halogens is 2. The Balaban J connectivity index is 1.43. The summed E-state index contributed by atoms with van der Waals surface area (Å²) >= 11 is 7.49. The highest BCUT2D eigenvalue weighted by Gasteiger charge is 2.25. The number of hydrogen-bond donors (Lipinski definition) is 1. The third kappa shape index (κ3) is 6.81. The number of methoxy groups -OCH3 is 1. The van der Waals surface area contributed by atoms with Gasteiger partial charge in [0.1, 0.15) is 22.8 Å². The number of nitrogens with zero attached hydrogens (tertiary/aromatic N) is 5. The van der Waals surface area contributed by atoms with E-state index in [4.69, 9.17) is 21.6 Å². The first-order chi connectivity index (χ1) is 18.0. The van der Waals surface area contributed by atoms with Gasteiger partial charge in [0.05, 0.1) is 23.0 Å². The molecule has 1 aliphatic rings. The van der Waals surface area contributed by atoms with Crippen LogP contribution in [0, 0.1) is 17.1 Å². The SMILES string of the molecule is COCCCN(CC=CC(=O)N1CCc2c(sc3ncnc(Nc4ccc(F)c(Cl)c4)c23)C1)CCC#N. The molecule has 0 atom stereocenters. The number of hydrogen-bond acceptors (Lipinski definition) is 8. The zero-order chi connectivity index (χ0) is 26.2. The first kappa shape index (κ1) is 26.9. The van der Waals surface area contributed by atoms with Gasteiger partial charge in [-0.15, -0.1) is 11.3 Å². The number of rotatable bonds is 11. The Bertz CT molecular complexity index is 1320. The van der Waals surface area contributed by atoms with Gasteiger partial charge >= 0.3 is 0 Å². The molecule has 0 saturated carbocycles. The fraction of sp³-hybridized carbons (Fsp3) is 0.385. The van der Waals surface area contributed by atoms with Crippen LogP contribution in [0.1, 0.15) is 23.3 Å². The van der Waals surface area contributed by atoms with Crippen LogP contribution in [0.2, 0.25) is 5.02 Å². The van der Waals surface area contributed by atoms with E-state index in [1.54, 1.807) is 30.6 Å². The van der Waals surface area contributed by atoms with Crippen molar-refractivity contribution >= 4 is 50.6 Å². The maximum atomic E-state index is 13.6. The van der Waals surface area contributed by atoms with Crippen molar-refractivity contribution in [2.24, 2.45) is 0 Å². The average Bonchev–Trinajstić information content (AvgIpc) is 3.28. The molecule has 8 nitrogen and oxygen atoms in total. The molecule has 4 rings (SSSR count). The van der Waals surface area contributed by atoms with Crippen LogP contribution in [0.5, 0.6) is 0 Å². The Morgan fingerprint density at radius 2 is 2.27 bits per heavy atom. The molecule has 0 saturated heterocycles. The number of aromatic nitrogens is 2. The number of anilines is 2. The molecular formula is C26H28ClFN6O2S. The molecule has 0 bridgehead atoms. The number of fused-ring (bicyclic) bond motifs is 3. The lowest BCUT2D eigenvalue weighted by Crippen LogP contribution is -2.34. The van der Waals surface area contributed by atoms with Crippen molar-refractivity contribution < 1.29 is 13.9 Å². The lowest BCUT2D eigenvalue weighted by molar-refractivity contribution is -0.126. The lowest BCUT2D eigenvalue weighted by Gasteiger charge is -2.26. The summed E-state index contributed by atoms with van der Waals surface area (Å²) in [5.74, 6) is 0.120. The van der Waals surface area contributed by atoms with E-state index in [2.05, 4.69) is 26.3 Å². The van der Waals surface area contributed by atoms with Gasteiger partial charge in [0, 0.05) is 63.0 Å². The van der Waals surface area contributed by atoms with Crippen LogP contribution < -0.4 is 5.32 Å². The number of carbonyl (C=O) groups is 1. The molecule has 194 valence electrons. The molecule has 0 unspecified atom stereocenters. The van der Waals surface area contributed by atoms with Gasteiger partial charge in [0.2, 0.25) is 5.91 Å². The largest absolute Gasteiger partial charge is 0.385 e. The first-order valence-corrected chi connectivity index (χ1v) is 13.2. The van der Waals surface area contributed by atoms with Crippen LogP contribution >= 0.6 is 22.9 Å². The predicted molar refractivity (Wildman–Crippen MR) is 144 cm³/mol. The molecule has 37 heavy (non-hydrogen) atoms. The number of amides is 1. The number of benzene rings is 1. The van der Waals surface area contributed by atoms with Crippen molar-refractivity contribution in [1.82, 2.24) is 19.8 Å². The molecule has 11 heteroatoms. The molecule has 1 N–H and O–H groups in total. The van der Waals surface area contributed by atoms with Crippen molar-refractivity contribution in [2.75, 3.05) is 45.2 Å². The van der Waals surface area contributed by atoms with Crippen molar-refractivity contribution in [3.8, 4) is 6.07 Å². The maximum Gasteiger partial charge on any atom is 0.246 e. The van der Waals surface area contributed by atoms with Crippen LogP contribution in [-0.2, 0) is 22.5 Å². The van der Waals surface area contributed by atoms with Crippen molar-refractivity contribution in [3.05, 3.63) is 58.0 Å².